The fraction of sp³-hybridized carbons (Fsp3) is 0.250. The number of hydrogen-bond acceptors (Lipinski definition) is 3. The molecule has 0 radical (unpaired) electrons. The maximum atomic E-state index is 11.9. The van der Waals surface area contributed by atoms with Gasteiger partial charge in [-0.2, -0.15) is 0 Å². The van der Waals surface area contributed by atoms with Crippen molar-refractivity contribution in [3.63, 3.8) is 0 Å². The van der Waals surface area contributed by atoms with E-state index in [0.29, 0.717) is 6.54 Å². The molecule has 0 saturated heterocycles. The average Bonchev–Trinajstić information content (AvgIpc) is 3.03. The Morgan fingerprint density at radius 1 is 1.41 bits per heavy atom. The van der Waals surface area contributed by atoms with E-state index < -0.39 is 0 Å². The van der Waals surface area contributed by atoms with Gasteiger partial charge in [0.1, 0.15) is 6.54 Å². The summed E-state index contributed by atoms with van der Waals surface area (Å²) in [6, 6.07) is 6.05. The van der Waals surface area contributed by atoms with Gasteiger partial charge in [0.15, 0.2) is 0 Å². The zero-order valence-electron chi connectivity index (χ0n) is 12.6. The summed E-state index contributed by atoms with van der Waals surface area (Å²) in [6.07, 6.45) is 3.75. The first kappa shape index (κ1) is 15.1. The smallest absolute Gasteiger partial charge is 0.241 e. The van der Waals surface area contributed by atoms with Gasteiger partial charge in [0.2, 0.25) is 5.91 Å². The van der Waals surface area contributed by atoms with Crippen molar-refractivity contribution in [2.75, 3.05) is 14.1 Å². The third-order valence-electron chi connectivity index (χ3n) is 3.57. The van der Waals surface area contributed by atoms with Crippen LogP contribution in [0.1, 0.15) is 5.56 Å². The molecule has 3 aromatic heterocycles. The van der Waals surface area contributed by atoms with Crippen LogP contribution in [0.15, 0.2) is 30.6 Å². The molecule has 22 heavy (non-hydrogen) atoms. The number of hydrogen-bond donors (Lipinski definition) is 0. The molecule has 4 nitrogen and oxygen atoms in total. The Morgan fingerprint density at radius 2 is 2.18 bits per heavy atom. The average molecular weight is 334 g/mol. The maximum absolute atomic E-state index is 11.9. The molecular formula is C16H16ClN3OS. The highest BCUT2D eigenvalue weighted by atomic mass is 35.5. The summed E-state index contributed by atoms with van der Waals surface area (Å²) < 4.78 is 2.73. The number of thiophene rings is 1. The number of aryl methyl sites for hydroxylation is 1. The van der Waals surface area contributed by atoms with Gasteiger partial charge < -0.3 is 9.47 Å². The van der Waals surface area contributed by atoms with E-state index in [4.69, 9.17) is 11.6 Å². The van der Waals surface area contributed by atoms with Crippen LogP contribution in [-0.4, -0.2) is 34.5 Å². The number of amides is 1. The van der Waals surface area contributed by atoms with Crippen LogP contribution in [0.25, 0.3) is 21.5 Å². The highest BCUT2D eigenvalue weighted by Crippen LogP contribution is 2.35. The van der Waals surface area contributed by atoms with E-state index in [1.54, 1.807) is 30.3 Å². The van der Waals surface area contributed by atoms with Crippen molar-refractivity contribution in [2.24, 2.45) is 0 Å². The largest absolute Gasteiger partial charge is 0.347 e. The molecule has 0 fully saturated rings. The van der Waals surface area contributed by atoms with Crippen LogP contribution in [0.2, 0.25) is 4.34 Å². The number of halogens is 1. The number of fused-ring (bicyclic) bond motifs is 1. The van der Waals surface area contributed by atoms with Crippen molar-refractivity contribution < 1.29 is 4.79 Å². The molecule has 6 heteroatoms. The van der Waals surface area contributed by atoms with Crippen molar-refractivity contribution in [3.8, 4) is 10.4 Å². The van der Waals surface area contributed by atoms with Crippen LogP contribution in [0, 0.1) is 6.92 Å². The summed E-state index contributed by atoms with van der Waals surface area (Å²) in [5.74, 6) is 0.0536. The molecule has 0 bridgehead atoms. The van der Waals surface area contributed by atoms with Crippen LogP contribution in [0.5, 0.6) is 0 Å². The quantitative estimate of drug-likeness (QED) is 0.731. The van der Waals surface area contributed by atoms with E-state index in [1.165, 1.54) is 0 Å². The number of rotatable bonds is 3. The van der Waals surface area contributed by atoms with Crippen molar-refractivity contribution in [1.29, 1.82) is 0 Å². The fourth-order valence-electron chi connectivity index (χ4n) is 2.22. The van der Waals surface area contributed by atoms with Gasteiger partial charge >= 0.3 is 0 Å². The maximum Gasteiger partial charge on any atom is 0.241 e. The number of nitrogens with zero attached hydrogens (tertiary/aromatic N) is 3. The first-order valence-electron chi connectivity index (χ1n) is 6.87. The Hall–Kier alpha value is -1.85. The third-order valence-corrected chi connectivity index (χ3v) is 5.17. The second kappa shape index (κ2) is 5.74. The molecule has 0 aromatic carbocycles. The lowest BCUT2D eigenvalue weighted by Gasteiger charge is -2.11. The first-order chi connectivity index (χ1) is 10.5. The van der Waals surface area contributed by atoms with Gasteiger partial charge in [-0.25, -0.2) is 0 Å². The van der Waals surface area contributed by atoms with Gasteiger partial charge in [-0.05, 0) is 30.7 Å². The topological polar surface area (TPSA) is 38.1 Å². The molecule has 0 aliphatic carbocycles. The van der Waals surface area contributed by atoms with Crippen molar-refractivity contribution in [3.05, 3.63) is 40.5 Å². The number of carbonyl (C=O) groups excluding carboxylic acids is 1. The molecule has 0 spiro atoms. The lowest BCUT2D eigenvalue weighted by molar-refractivity contribution is -0.129. The van der Waals surface area contributed by atoms with E-state index in [9.17, 15) is 4.79 Å². The van der Waals surface area contributed by atoms with E-state index >= 15 is 0 Å². The van der Waals surface area contributed by atoms with Gasteiger partial charge in [0.25, 0.3) is 0 Å². The first-order valence-corrected chi connectivity index (χ1v) is 8.06. The van der Waals surface area contributed by atoms with Crippen LogP contribution in [0.3, 0.4) is 0 Å². The highest BCUT2D eigenvalue weighted by Gasteiger charge is 2.11. The van der Waals surface area contributed by atoms with Gasteiger partial charge in [0.05, 0.1) is 15.4 Å². The second-order valence-electron chi connectivity index (χ2n) is 5.43. The zero-order valence-corrected chi connectivity index (χ0v) is 14.2. The summed E-state index contributed by atoms with van der Waals surface area (Å²) in [5.41, 5.74) is 3.93. The number of pyridine rings is 1. The van der Waals surface area contributed by atoms with E-state index in [-0.39, 0.29) is 5.91 Å². The molecule has 0 unspecified atom stereocenters. The molecule has 3 aromatic rings. The monoisotopic (exact) mass is 333 g/mol. The van der Waals surface area contributed by atoms with Gasteiger partial charge in [0, 0.05) is 36.9 Å². The van der Waals surface area contributed by atoms with Crippen LogP contribution < -0.4 is 0 Å². The van der Waals surface area contributed by atoms with Crippen molar-refractivity contribution in [1.82, 2.24) is 14.5 Å². The van der Waals surface area contributed by atoms with Gasteiger partial charge in [-0.1, -0.05) is 11.6 Å². The molecular weight excluding hydrogens is 318 g/mol. The third kappa shape index (κ3) is 2.74. The standard InChI is InChI=1S/C16H16ClN3OS/c1-10-6-14(22-16(10)17)11-7-13-12(18-8-11)4-5-20(13)9-15(21)19(2)3/h4-8H,9H2,1-3H3. The van der Waals surface area contributed by atoms with Crippen LogP contribution in [-0.2, 0) is 11.3 Å². The Kier molecular flexibility index (Phi) is 3.93. The van der Waals surface area contributed by atoms with E-state index in [0.717, 1.165) is 31.4 Å². The minimum atomic E-state index is 0.0536. The summed E-state index contributed by atoms with van der Waals surface area (Å²) in [4.78, 5) is 19.1. The summed E-state index contributed by atoms with van der Waals surface area (Å²) in [7, 11) is 3.52. The summed E-state index contributed by atoms with van der Waals surface area (Å²) >= 11 is 7.70. The minimum Gasteiger partial charge on any atom is -0.347 e. The molecule has 0 N–H and O–H groups in total. The number of carbonyl (C=O) groups is 1. The highest BCUT2D eigenvalue weighted by molar-refractivity contribution is 7.19. The van der Waals surface area contributed by atoms with Gasteiger partial charge in [-0.15, -0.1) is 11.3 Å². The SMILES string of the molecule is Cc1cc(-c2cnc3ccn(CC(=O)N(C)C)c3c2)sc1Cl. The molecule has 0 aliphatic rings. The minimum absolute atomic E-state index is 0.0536. The number of aromatic nitrogens is 2. The van der Waals surface area contributed by atoms with Crippen LogP contribution in [0.4, 0.5) is 0 Å². The van der Waals surface area contributed by atoms with Crippen molar-refractivity contribution in [2.45, 2.75) is 13.5 Å². The lowest BCUT2D eigenvalue weighted by atomic mass is 10.2. The van der Waals surface area contributed by atoms with Gasteiger partial charge in [-0.3, -0.25) is 9.78 Å². The Bertz CT molecular complexity index is 831. The lowest BCUT2D eigenvalue weighted by Crippen LogP contribution is -2.25. The Labute approximate surface area is 137 Å². The van der Waals surface area contributed by atoms with Crippen LogP contribution >= 0.6 is 22.9 Å². The molecule has 1 amide bonds. The molecule has 114 valence electrons. The normalized spacial score (nSPS) is 11.1. The van der Waals surface area contributed by atoms with E-state index in [2.05, 4.69) is 17.1 Å². The number of likely N-dealkylation sites (N-methyl/N-ethyl adjacent to an activating group) is 1. The summed E-state index contributed by atoms with van der Waals surface area (Å²) in [5, 5.41) is 0. The zero-order chi connectivity index (χ0) is 15.9. The fourth-order valence-corrected chi connectivity index (χ4v) is 3.41. The molecule has 0 saturated carbocycles. The Balaban J connectivity index is 2.03. The van der Waals surface area contributed by atoms with E-state index in [1.807, 2.05) is 30.0 Å². The van der Waals surface area contributed by atoms with Crippen molar-refractivity contribution >= 4 is 39.9 Å². The second-order valence-corrected chi connectivity index (χ2v) is 7.08. The summed E-state index contributed by atoms with van der Waals surface area (Å²) in [6.45, 7) is 2.30. The molecule has 3 rings (SSSR count). The predicted octanol–water partition coefficient (Wildman–Crippen LogP) is 3.81. The molecule has 0 atom stereocenters. The molecule has 3 heterocycles. The Morgan fingerprint density at radius 3 is 2.82 bits per heavy atom. The predicted molar refractivity (Wildman–Crippen MR) is 91.5 cm³/mol. The molecule has 0 aliphatic heterocycles.